The van der Waals surface area contributed by atoms with Crippen LogP contribution in [0, 0.1) is 35.6 Å². The SMILES string of the molecule is [AlH3].[AlH3].[AlH3].[AlH3].[AlH3].[La]. The van der Waals surface area contributed by atoms with Crippen molar-refractivity contribution in [3.8, 4) is 0 Å². The van der Waals surface area contributed by atoms with Crippen LogP contribution in [0.2, 0.25) is 0 Å². The van der Waals surface area contributed by atoms with Gasteiger partial charge >= 0.3 is 0 Å². The summed E-state index contributed by atoms with van der Waals surface area (Å²) in [5, 5.41) is 0. The van der Waals surface area contributed by atoms with Gasteiger partial charge in [0, 0.05) is 35.6 Å². The molecule has 0 aliphatic carbocycles. The normalized spacial score (nSPS) is 0. The zero-order valence-electron chi connectivity index (χ0n) is 0.577. The van der Waals surface area contributed by atoms with Crippen LogP contribution in [0.4, 0.5) is 0 Å². The topological polar surface area (TPSA) is 0 Å². The first-order valence-corrected chi connectivity index (χ1v) is 0. The largest absolute Gasteiger partial charge is 0.187 e. The first-order valence-electron chi connectivity index (χ1n) is 0. The average molecular weight is 289 g/mol. The fourth-order valence-corrected chi connectivity index (χ4v) is 0. The standard InChI is InChI=1S/5Al.La.15H. The molecule has 0 atom stereocenters. The molecule has 0 nitrogen and oxygen atoms in total. The molecule has 0 N–H and O–H groups in total. The van der Waals surface area contributed by atoms with E-state index in [9.17, 15) is 0 Å². The third-order valence-electron chi connectivity index (χ3n) is 0. The van der Waals surface area contributed by atoms with E-state index in [-0.39, 0.29) is 122 Å². The van der Waals surface area contributed by atoms with Crippen LogP contribution in [-0.4, -0.2) is 86.8 Å². The van der Waals surface area contributed by atoms with E-state index in [1.54, 1.807) is 0 Å². The molecule has 0 aromatic carbocycles. The van der Waals surface area contributed by atoms with Crippen LogP contribution >= 0.6 is 0 Å². The zero-order chi connectivity index (χ0) is 0. The van der Waals surface area contributed by atoms with Crippen molar-refractivity contribution in [2.75, 3.05) is 0 Å². The van der Waals surface area contributed by atoms with Crippen molar-refractivity contribution in [1.29, 1.82) is 0 Å². The molecule has 0 fully saturated rings. The molecule has 0 bridgehead atoms. The Morgan fingerprint density at radius 3 is 0.333 bits per heavy atom. The molecule has 6 heavy (non-hydrogen) atoms. The van der Waals surface area contributed by atoms with Crippen LogP contribution in [0.3, 0.4) is 0 Å². The summed E-state index contributed by atoms with van der Waals surface area (Å²) in [5.74, 6) is 0. The molecule has 0 aromatic heterocycles. The predicted octanol–water partition coefficient (Wildman–Crippen LogP) is -5.92. The summed E-state index contributed by atoms with van der Waals surface area (Å²) in [6.07, 6.45) is 0. The second kappa shape index (κ2) is 36.8. The van der Waals surface area contributed by atoms with Gasteiger partial charge in [-0.05, 0) is 0 Å². The van der Waals surface area contributed by atoms with Crippen molar-refractivity contribution in [1.82, 2.24) is 0 Å². The maximum atomic E-state index is 0. The van der Waals surface area contributed by atoms with Crippen molar-refractivity contribution in [3.63, 3.8) is 0 Å². The summed E-state index contributed by atoms with van der Waals surface area (Å²) in [4.78, 5) is 0. The molecule has 0 heterocycles. The van der Waals surface area contributed by atoms with E-state index in [1.807, 2.05) is 0 Å². The van der Waals surface area contributed by atoms with Crippen LogP contribution in [0.25, 0.3) is 0 Å². The van der Waals surface area contributed by atoms with Crippen LogP contribution in [0.5, 0.6) is 0 Å². The molecule has 6 heteroatoms. The quantitative estimate of drug-likeness (QED) is 0.390. The summed E-state index contributed by atoms with van der Waals surface area (Å²) in [7, 11) is 0. The zero-order valence-corrected chi connectivity index (χ0v) is 4.20. The summed E-state index contributed by atoms with van der Waals surface area (Å²) in [6.45, 7) is 0. The first kappa shape index (κ1) is 52.0. The molecular weight excluding hydrogens is 274 g/mol. The van der Waals surface area contributed by atoms with Gasteiger partial charge in [-0.3, -0.25) is 0 Å². The van der Waals surface area contributed by atoms with E-state index in [0.29, 0.717) is 0 Å². The third-order valence-corrected chi connectivity index (χ3v) is 0. The summed E-state index contributed by atoms with van der Waals surface area (Å²) >= 11 is 0. The van der Waals surface area contributed by atoms with Gasteiger partial charge in [-0.25, -0.2) is 0 Å². The molecule has 0 spiro atoms. The Kier molecular flexibility index (Phi) is 318. The second-order valence-electron chi connectivity index (χ2n) is 0. The summed E-state index contributed by atoms with van der Waals surface area (Å²) < 4.78 is 0. The van der Waals surface area contributed by atoms with Gasteiger partial charge in [0.25, 0.3) is 0 Å². The van der Waals surface area contributed by atoms with Gasteiger partial charge in [0.15, 0.2) is 86.8 Å². The predicted molar refractivity (Wildman–Crippen MR) is 49.7 cm³/mol. The number of hydrogen-bond donors (Lipinski definition) is 0. The van der Waals surface area contributed by atoms with Crippen LogP contribution < -0.4 is 0 Å². The Bertz CT molecular complexity index is 3.90. The molecule has 0 amide bonds. The average Bonchev–Trinajstić information content (AvgIpc) is 0. The minimum Gasteiger partial charge on any atom is 0 e. The molecule has 0 saturated heterocycles. The van der Waals surface area contributed by atoms with Crippen molar-refractivity contribution < 1.29 is 35.6 Å². The smallest absolute Gasteiger partial charge is 0 e. The minimum absolute atomic E-state index is 0. The molecule has 0 aliphatic heterocycles. The molecule has 0 aliphatic rings. The van der Waals surface area contributed by atoms with E-state index in [2.05, 4.69) is 0 Å². The molecule has 1 radical (unpaired) electrons. The van der Waals surface area contributed by atoms with Gasteiger partial charge < -0.3 is 0 Å². The molecule has 0 rings (SSSR count). The fraction of sp³-hybridized carbons (Fsp3) is 0. The van der Waals surface area contributed by atoms with Crippen molar-refractivity contribution >= 4 is 86.8 Å². The minimum atomic E-state index is 0. The van der Waals surface area contributed by atoms with Crippen molar-refractivity contribution in [3.05, 3.63) is 0 Å². The Morgan fingerprint density at radius 1 is 0.333 bits per heavy atom. The number of hydrogen-bond acceptors (Lipinski definition) is 0. The van der Waals surface area contributed by atoms with E-state index >= 15 is 0 Å². The maximum absolute atomic E-state index is 0. The van der Waals surface area contributed by atoms with Gasteiger partial charge in [0.05, 0.1) is 0 Å². The maximum Gasteiger partial charge on any atom is 0.187 e. The van der Waals surface area contributed by atoms with Gasteiger partial charge in [0.1, 0.15) is 0 Å². The first-order chi connectivity index (χ1) is 0. The number of rotatable bonds is 0. The Morgan fingerprint density at radius 2 is 0.333 bits per heavy atom. The van der Waals surface area contributed by atoms with E-state index in [0.717, 1.165) is 0 Å². The second-order valence-corrected chi connectivity index (χ2v) is 0. The Labute approximate surface area is 120 Å². The van der Waals surface area contributed by atoms with Crippen LogP contribution in [-0.2, 0) is 0 Å². The molecule has 0 saturated carbocycles. The summed E-state index contributed by atoms with van der Waals surface area (Å²) in [5.41, 5.74) is 0. The van der Waals surface area contributed by atoms with Crippen molar-refractivity contribution in [2.24, 2.45) is 0 Å². The van der Waals surface area contributed by atoms with E-state index in [1.165, 1.54) is 0 Å². The summed E-state index contributed by atoms with van der Waals surface area (Å²) in [6, 6.07) is 0. The van der Waals surface area contributed by atoms with Crippen molar-refractivity contribution in [2.45, 2.75) is 0 Å². The monoisotopic (exact) mass is 289 g/mol. The Hall–Kier alpha value is 3.86. The fourth-order valence-electron chi connectivity index (χ4n) is 0. The third kappa shape index (κ3) is 24.8. The van der Waals surface area contributed by atoms with Gasteiger partial charge in [-0.2, -0.15) is 0 Å². The molecule has 0 aromatic rings. The Balaban J connectivity index is 0. The van der Waals surface area contributed by atoms with Gasteiger partial charge in [-0.1, -0.05) is 0 Å². The van der Waals surface area contributed by atoms with Crippen LogP contribution in [0.1, 0.15) is 0 Å². The van der Waals surface area contributed by atoms with Crippen LogP contribution in [0.15, 0.2) is 0 Å². The molecular formula is H15Al5La. The van der Waals surface area contributed by atoms with Gasteiger partial charge in [0.2, 0.25) is 0 Å². The van der Waals surface area contributed by atoms with E-state index in [4.69, 9.17) is 0 Å². The molecule has 0 unspecified atom stereocenters. The molecule has 33 valence electrons. The van der Waals surface area contributed by atoms with E-state index < -0.39 is 0 Å². The van der Waals surface area contributed by atoms with Gasteiger partial charge in [-0.15, -0.1) is 0 Å².